The normalized spacial score (nSPS) is 30.5. The van der Waals surface area contributed by atoms with E-state index < -0.39 is 12.1 Å². The minimum absolute atomic E-state index is 0.315. The van der Waals surface area contributed by atoms with E-state index in [2.05, 4.69) is 5.32 Å². The third-order valence-corrected chi connectivity index (χ3v) is 2.80. The van der Waals surface area contributed by atoms with Crippen LogP contribution < -0.4 is 5.32 Å². The highest BCUT2D eigenvalue weighted by Gasteiger charge is 2.41. The van der Waals surface area contributed by atoms with Crippen LogP contribution >= 0.6 is 0 Å². The van der Waals surface area contributed by atoms with Crippen molar-refractivity contribution in [2.75, 3.05) is 13.6 Å². The van der Waals surface area contributed by atoms with Crippen molar-refractivity contribution in [1.29, 1.82) is 0 Å². The molecule has 0 radical (unpaired) electrons. The number of alkyl halides is 3. The van der Waals surface area contributed by atoms with E-state index in [9.17, 15) is 13.2 Å². The summed E-state index contributed by atoms with van der Waals surface area (Å²) in [6.07, 6.45) is -1.91. The van der Waals surface area contributed by atoms with Crippen molar-refractivity contribution in [3.05, 3.63) is 0 Å². The lowest BCUT2D eigenvalue weighted by Crippen LogP contribution is -2.30. The molecule has 0 amide bonds. The first-order chi connectivity index (χ1) is 6.04. The fourth-order valence-electron chi connectivity index (χ4n) is 1.98. The molecule has 1 saturated carbocycles. The van der Waals surface area contributed by atoms with E-state index in [-0.39, 0.29) is 0 Å². The summed E-state index contributed by atoms with van der Waals surface area (Å²) in [5, 5.41) is 3.01. The van der Waals surface area contributed by atoms with Crippen molar-refractivity contribution in [2.45, 2.75) is 31.9 Å². The highest BCUT2D eigenvalue weighted by atomic mass is 19.4. The first kappa shape index (κ1) is 10.8. The Kier molecular flexibility index (Phi) is 3.59. The molecule has 0 atom stereocenters. The van der Waals surface area contributed by atoms with Crippen LogP contribution in [0.25, 0.3) is 0 Å². The maximum absolute atomic E-state index is 12.2. The molecule has 78 valence electrons. The van der Waals surface area contributed by atoms with Crippen LogP contribution in [0.5, 0.6) is 0 Å². The lowest BCUT2D eigenvalue weighted by atomic mass is 9.82. The Labute approximate surface area is 76.7 Å². The predicted octanol–water partition coefficient (Wildman–Crippen LogP) is 2.57. The van der Waals surface area contributed by atoms with E-state index in [0.717, 1.165) is 6.54 Å². The third-order valence-electron chi connectivity index (χ3n) is 2.80. The average Bonchev–Trinajstić information content (AvgIpc) is 2.04. The van der Waals surface area contributed by atoms with Crippen LogP contribution in [0.1, 0.15) is 25.7 Å². The van der Waals surface area contributed by atoms with Gasteiger partial charge >= 0.3 is 6.18 Å². The molecule has 0 aromatic carbocycles. The summed E-state index contributed by atoms with van der Waals surface area (Å²) in [6.45, 7) is 0.852. The second-order valence-electron chi connectivity index (χ2n) is 3.82. The second kappa shape index (κ2) is 4.31. The molecule has 1 nitrogen and oxygen atoms in total. The number of hydrogen-bond acceptors (Lipinski definition) is 1. The van der Waals surface area contributed by atoms with Crippen molar-refractivity contribution >= 4 is 0 Å². The molecule has 4 heteroatoms. The monoisotopic (exact) mass is 195 g/mol. The van der Waals surface area contributed by atoms with Gasteiger partial charge in [-0.1, -0.05) is 0 Å². The quantitative estimate of drug-likeness (QED) is 0.714. The topological polar surface area (TPSA) is 12.0 Å². The summed E-state index contributed by atoms with van der Waals surface area (Å²) in [6, 6.07) is 0. The summed E-state index contributed by atoms with van der Waals surface area (Å²) in [7, 11) is 1.84. The van der Waals surface area contributed by atoms with E-state index in [1.807, 2.05) is 7.05 Å². The molecule has 13 heavy (non-hydrogen) atoms. The van der Waals surface area contributed by atoms with Gasteiger partial charge in [0.15, 0.2) is 0 Å². The van der Waals surface area contributed by atoms with Crippen molar-refractivity contribution in [1.82, 2.24) is 5.32 Å². The predicted molar refractivity (Wildman–Crippen MR) is 45.4 cm³/mol. The molecular formula is C9H16F3N. The van der Waals surface area contributed by atoms with Gasteiger partial charge in [0, 0.05) is 0 Å². The Morgan fingerprint density at radius 1 is 1.15 bits per heavy atom. The van der Waals surface area contributed by atoms with Gasteiger partial charge < -0.3 is 5.32 Å². The van der Waals surface area contributed by atoms with Crippen LogP contribution in [0, 0.1) is 11.8 Å². The summed E-state index contributed by atoms with van der Waals surface area (Å²) < 4.78 is 36.7. The number of hydrogen-bond donors (Lipinski definition) is 1. The van der Waals surface area contributed by atoms with Gasteiger partial charge in [0.25, 0.3) is 0 Å². The zero-order valence-corrected chi connectivity index (χ0v) is 7.82. The number of rotatable bonds is 2. The molecule has 0 saturated heterocycles. The zero-order chi connectivity index (χ0) is 9.90. The van der Waals surface area contributed by atoms with E-state index >= 15 is 0 Å². The highest BCUT2D eigenvalue weighted by Crippen LogP contribution is 2.39. The van der Waals surface area contributed by atoms with Crippen LogP contribution in [-0.4, -0.2) is 19.8 Å². The lowest BCUT2D eigenvalue weighted by Gasteiger charge is -2.29. The van der Waals surface area contributed by atoms with Crippen LogP contribution in [0.2, 0.25) is 0 Å². The van der Waals surface area contributed by atoms with E-state index in [1.54, 1.807) is 0 Å². The van der Waals surface area contributed by atoms with Gasteiger partial charge in [-0.2, -0.15) is 13.2 Å². The van der Waals surface area contributed by atoms with Gasteiger partial charge in [-0.3, -0.25) is 0 Å². The smallest absolute Gasteiger partial charge is 0.319 e. The van der Waals surface area contributed by atoms with Gasteiger partial charge in [0.05, 0.1) is 5.92 Å². The van der Waals surface area contributed by atoms with E-state index in [1.165, 1.54) is 0 Å². The van der Waals surface area contributed by atoms with Gasteiger partial charge in [-0.05, 0) is 45.2 Å². The molecule has 0 aromatic rings. The van der Waals surface area contributed by atoms with Gasteiger partial charge in [-0.15, -0.1) is 0 Å². The molecule has 0 unspecified atom stereocenters. The van der Waals surface area contributed by atoms with E-state index in [4.69, 9.17) is 0 Å². The Bertz CT molecular complexity index is 147. The molecule has 0 aliphatic heterocycles. The summed E-state index contributed by atoms with van der Waals surface area (Å²) in [5.74, 6) is -0.593. The molecule has 0 heterocycles. The Morgan fingerprint density at radius 3 is 2.08 bits per heavy atom. The average molecular weight is 195 g/mol. The zero-order valence-electron chi connectivity index (χ0n) is 7.82. The number of halogens is 3. The van der Waals surface area contributed by atoms with Crippen molar-refractivity contribution < 1.29 is 13.2 Å². The molecule has 1 aliphatic carbocycles. The van der Waals surface area contributed by atoms with E-state index in [0.29, 0.717) is 31.6 Å². The maximum atomic E-state index is 12.2. The molecule has 0 aromatic heterocycles. The minimum atomic E-state index is -3.97. The largest absolute Gasteiger partial charge is 0.391 e. The molecular weight excluding hydrogens is 179 g/mol. The second-order valence-corrected chi connectivity index (χ2v) is 3.82. The van der Waals surface area contributed by atoms with Gasteiger partial charge in [0.1, 0.15) is 0 Å². The summed E-state index contributed by atoms with van der Waals surface area (Å²) in [5.41, 5.74) is 0. The summed E-state index contributed by atoms with van der Waals surface area (Å²) in [4.78, 5) is 0. The molecule has 1 rings (SSSR count). The highest BCUT2D eigenvalue weighted by molar-refractivity contribution is 4.77. The van der Waals surface area contributed by atoms with Crippen molar-refractivity contribution in [3.8, 4) is 0 Å². The van der Waals surface area contributed by atoms with Crippen LogP contribution in [0.15, 0.2) is 0 Å². The molecule has 1 N–H and O–H groups in total. The fraction of sp³-hybridized carbons (Fsp3) is 1.00. The SMILES string of the molecule is CNC[C@H]1CC[C@H](C(F)(F)F)CC1. The van der Waals surface area contributed by atoms with Crippen LogP contribution in [0.4, 0.5) is 13.2 Å². The van der Waals surface area contributed by atoms with Gasteiger partial charge in [-0.25, -0.2) is 0 Å². The molecule has 1 aliphatic rings. The molecule has 0 bridgehead atoms. The van der Waals surface area contributed by atoms with Crippen LogP contribution in [0.3, 0.4) is 0 Å². The fourth-order valence-corrected chi connectivity index (χ4v) is 1.98. The maximum Gasteiger partial charge on any atom is 0.391 e. The standard InChI is InChI=1S/C9H16F3N/c1-13-6-7-2-4-8(5-3-7)9(10,11)12/h7-8,13H,2-6H2,1H3/t7-,8-. The third kappa shape index (κ3) is 3.18. The first-order valence-electron chi connectivity index (χ1n) is 4.75. The Balaban J connectivity index is 2.30. The molecule has 0 spiro atoms. The first-order valence-corrected chi connectivity index (χ1v) is 4.75. The van der Waals surface area contributed by atoms with Crippen molar-refractivity contribution in [2.24, 2.45) is 11.8 Å². The van der Waals surface area contributed by atoms with Gasteiger partial charge in [0.2, 0.25) is 0 Å². The molecule has 1 fully saturated rings. The number of nitrogens with one attached hydrogen (secondary N) is 1. The van der Waals surface area contributed by atoms with Crippen LogP contribution in [-0.2, 0) is 0 Å². The minimum Gasteiger partial charge on any atom is -0.319 e. The Hall–Kier alpha value is -0.250. The Morgan fingerprint density at radius 2 is 1.69 bits per heavy atom. The van der Waals surface area contributed by atoms with Crippen molar-refractivity contribution in [3.63, 3.8) is 0 Å². The summed E-state index contributed by atoms with van der Waals surface area (Å²) >= 11 is 0. The lowest BCUT2D eigenvalue weighted by molar-refractivity contribution is -0.183.